The zero-order valence-electron chi connectivity index (χ0n) is 18.1. The lowest BCUT2D eigenvalue weighted by atomic mass is 9.65. The Morgan fingerprint density at radius 1 is 0.909 bits per heavy atom. The van der Waals surface area contributed by atoms with E-state index in [1.165, 1.54) is 6.92 Å². The molecule has 0 bridgehead atoms. The highest BCUT2D eigenvalue weighted by atomic mass is 19.4. The summed E-state index contributed by atoms with van der Waals surface area (Å²) in [5, 5.41) is 9.60. The van der Waals surface area contributed by atoms with Gasteiger partial charge in [-0.2, -0.15) is 26.3 Å². The highest BCUT2D eigenvalue weighted by molar-refractivity contribution is 5.35. The summed E-state index contributed by atoms with van der Waals surface area (Å²) in [5.74, 6) is 0. The number of hydrogen-bond acceptors (Lipinski definition) is 3. The summed E-state index contributed by atoms with van der Waals surface area (Å²) < 4.78 is 85.3. The van der Waals surface area contributed by atoms with E-state index in [-0.39, 0.29) is 24.8 Å². The average Bonchev–Trinajstić information content (AvgIpc) is 2.78. The van der Waals surface area contributed by atoms with Crippen molar-refractivity contribution in [1.29, 1.82) is 0 Å². The summed E-state index contributed by atoms with van der Waals surface area (Å²) in [6.45, 7) is 1.37. The van der Waals surface area contributed by atoms with Gasteiger partial charge in [0.2, 0.25) is 0 Å². The predicted octanol–water partition coefficient (Wildman–Crippen LogP) is 6.00. The maximum Gasteiger partial charge on any atom is 0.416 e. The SMILES string of the molecule is C[C@@H](OCC1(c2ccccc2)CCC(N)(CO)CC1)c1cc(C(F)(F)F)cc(C(F)(F)F)c1. The summed E-state index contributed by atoms with van der Waals surface area (Å²) in [4.78, 5) is 0. The van der Waals surface area contributed by atoms with Crippen molar-refractivity contribution in [2.75, 3.05) is 13.2 Å². The van der Waals surface area contributed by atoms with Crippen LogP contribution in [0, 0.1) is 0 Å². The number of hydrogen-bond donors (Lipinski definition) is 2. The summed E-state index contributed by atoms with van der Waals surface area (Å²) >= 11 is 0. The van der Waals surface area contributed by atoms with Gasteiger partial charge in [0.1, 0.15) is 0 Å². The van der Waals surface area contributed by atoms with Crippen molar-refractivity contribution in [2.45, 2.75) is 62.0 Å². The molecule has 1 atom stereocenters. The number of nitrogens with two attached hydrogens (primary N) is 1. The van der Waals surface area contributed by atoms with E-state index in [2.05, 4.69) is 0 Å². The number of alkyl halides is 6. The second-order valence-corrected chi connectivity index (χ2v) is 8.96. The van der Waals surface area contributed by atoms with Crippen molar-refractivity contribution in [2.24, 2.45) is 5.73 Å². The fourth-order valence-corrected chi connectivity index (χ4v) is 4.29. The predicted molar refractivity (Wildman–Crippen MR) is 111 cm³/mol. The minimum atomic E-state index is -4.92. The van der Waals surface area contributed by atoms with Gasteiger partial charge in [0.25, 0.3) is 0 Å². The first kappa shape index (κ1) is 25.5. The first-order valence-electron chi connectivity index (χ1n) is 10.6. The Kier molecular flexibility index (Phi) is 7.17. The summed E-state index contributed by atoms with van der Waals surface area (Å²) in [7, 11) is 0. The quantitative estimate of drug-likeness (QED) is 0.504. The molecule has 0 unspecified atom stereocenters. The molecule has 3 nitrogen and oxygen atoms in total. The van der Waals surface area contributed by atoms with Crippen molar-refractivity contribution in [3.8, 4) is 0 Å². The highest BCUT2D eigenvalue weighted by Crippen LogP contribution is 2.44. The number of ether oxygens (including phenoxy) is 1. The van der Waals surface area contributed by atoms with E-state index in [1.54, 1.807) is 0 Å². The molecule has 1 saturated carbocycles. The van der Waals surface area contributed by atoms with Gasteiger partial charge in [-0.15, -0.1) is 0 Å². The molecular formula is C24H27F6NO2. The van der Waals surface area contributed by atoms with Crippen LogP contribution in [-0.4, -0.2) is 23.9 Å². The standard InChI is InChI=1S/C24H27F6NO2/c1-16(17-11-19(23(25,26)27)13-20(12-17)24(28,29)30)33-15-21(18-5-3-2-4-6-18)7-9-22(31,14-32)10-8-21/h2-6,11-13,16,32H,7-10,14-15,31H2,1H3/t16-,21?,22?/m1/s1. The molecule has 0 aromatic heterocycles. The first-order valence-corrected chi connectivity index (χ1v) is 10.6. The Bertz CT molecular complexity index is 902. The van der Waals surface area contributed by atoms with Crippen LogP contribution in [0.3, 0.4) is 0 Å². The molecule has 0 heterocycles. The van der Waals surface area contributed by atoms with E-state index in [0.717, 1.165) is 5.56 Å². The maximum absolute atomic E-state index is 13.2. The molecule has 0 amide bonds. The average molecular weight is 475 g/mol. The number of halogens is 6. The monoisotopic (exact) mass is 475 g/mol. The minimum absolute atomic E-state index is 0.0945. The zero-order chi connectivity index (χ0) is 24.5. The maximum atomic E-state index is 13.2. The van der Waals surface area contributed by atoms with E-state index in [0.29, 0.717) is 37.8 Å². The molecule has 3 N–H and O–H groups in total. The first-order chi connectivity index (χ1) is 15.3. The van der Waals surface area contributed by atoms with E-state index in [9.17, 15) is 31.4 Å². The fourth-order valence-electron chi connectivity index (χ4n) is 4.29. The summed E-state index contributed by atoms with van der Waals surface area (Å²) in [6.07, 6.45) is -8.68. The van der Waals surface area contributed by atoms with Crippen molar-refractivity contribution < 1.29 is 36.2 Å². The van der Waals surface area contributed by atoms with Crippen LogP contribution in [0.25, 0.3) is 0 Å². The van der Waals surface area contributed by atoms with Crippen molar-refractivity contribution in [3.05, 3.63) is 70.8 Å². The third kappa shape index (κ3) is 5.88. The molecule has 2 aromatic rings. The Balaban J connectivity index is 1.87. The molecular weight excluding hydrogens is 448 g/mol. The van der Waals surface area contributed by atoms with Crippen molar-refractivity contribution in [1.82, 2.24) is 0 Å². The van der Waals surface area contributed by atoms with E-state index >= 15 is 0 Å². The Morgan fingerprint density at radius 3 is 1.88 bits per heavy atom. The number of benzene rings is 2. The minimum Gasteiger partial charge on any atom is -0.394 e. The molecule has 1 aliphatic carbocycles. The van der Waals surface area contributed by atoms with Crippen LogP contribution in [0.15, 0.2) is 48.5 Å². The molecule has 0 radical (unpaired) electrons. The molecule has 33 heavy (non-hydrogen) atoms. The molecule has 182 valence electrons. The van der Waals surface area contributed by atoms with Crippen LogP contribution < -0.4 is 5.73 Å². The lowest BCUT2D eigenvalue weighted by Gasteiger charge is -2.44. The van der Waals surface area contributed by atoms with Gasteiger partial charge in [-0.3, -0.25) is 0 Å². The number of aliphatic hydroxyl groups excluding tert-OH is 1. The van der Waals surface area contributed by atoms with Gasteiger partial charge < -0.3 is 15.6 Å². The van der Waals surface area contributed by atoms with Gasteiger partial charge in [-0.1, -0.05) is 30.3 Å². The van der Waals surface area contributed by atoms with Crippen LogP contribution >= 0.6 is 0 Å². The van der Waals surface area contributed by atoms with Gasteiger partial charge in [-0.25, -0.2) is 0 Å². The van der Waals surface area contributed by atoms with Crippen LogP contribution in [0.2, 0.25) is 0 Å². The normalized spacial score (nSPS) is 25.1. The molecule has 2 aromatic carbocycles. The van der Waals surface area contributed by atoms with Gasteiger partial charge >= 0.3 is 12.4 Å². The highest BCUT2D eigenvalue weighted by Gasteiger charge is 2.42. The van der Waals surface area contributed by atoms with Crippen molar-refractivity contribution >= 4 is 0 Å². The van der Waals surface area contributed by atoms with Gasteiger partial charge in [0, 0.05) is 11.0 Å². The van der Waals surface area contributed by atoms with Crippen LogP contribution in [0.4, 0.5) is 26.3 Å². The summed E-state index contributed by atoms with van der Waals surface area (Å²) in [5.41, 5.74) is 3.02. The Hall–Kier alpha value is -2.10. The van der Waals surface area contributed by atoms with Gasteiger partial charge in [-0.05, 0) is 61.9 Å². The van der Waals surface area contributed by atoms with E-state index in [1.807, 2.05) is 30.3 Å². The topological polar surface area (TPSA) is 55.5 Å². The lowest BCUT2D eigenvalue weighted by molar-refractivity contribution is -0.143. The van der Waals surface area contributed by atoms with Gasteiger partial charge in [0.15, 0.2) is 0 Å². The third-order valence-electron chi connectivity index (χ3n) is 6.59. The van der Waals surface area contributed by atoms with Crippen LogP contribution in [0.1, 0.15) is 61.0 Å². The third-order valence-corrected chi connectivity index (χ3v) is 6.59. The summed E-state index contributed by atoms with van der Waals surface area (Å²) in [6, 6.07) is 10.9. The molecule has 0 saturated heterocycles. The zero-order valence-corrected chi connectivity index (χ0v) is 18.1. The van der Waals surface area contributed by atoms with Crippen molar-refractivity contribution in [3.63, 3.8) is 0 Å². The Morgan fingerprint density at radius 2 is 1.42 bits per heavy atom. The van der Waals surface area contributed by atoms with Crippen LogP contribution in [-0.2, 0) is 22.5 Å². The smallest absolute Gasteiger partial charge is 0.394 e. The number of rotatable bonds is 6. The molecule has 1 aliphatic rings. The molecule has 0 aliphatic heterocycles. The van der Waals surface area contributed by atoms with E-state index < -0.39 is 40.5 Å². The van der Waals surface area contributed by atoms with Crippen LogP contribution in [0.5, 0.6) is 0 Å². The second kappa shape index (κ2) is 9.27. The Labute approximate surface area is 188 Å². The molecule has 0 spiro atoms. The second-order valence-electron chi connectivity index (χ2n) is 8.96. The fraction of sp³-hybridized carbons (Fsp3) is 0.500. The molecule has 9 heteroatoms. The van der Waals surface area contributed by atoms with E-state index in [4.69, 9.17) is 10.5 Å². The molecule has 3 rings (SSSR count). The lowest BCUT2D eigenvalue weighted by Crippen LogP contribution is -2.51. The number of aliphatic hydroxyl groups is 1. The molecule has 1 fully saturated rings. The van der Waals surface area contributed by atoms with Gasteiger partial charge in [0.05, 0.1) is 30.4 Å². The largest absolute Gasteiger partial charge is 0.416 e.